The van der Waals surface area contributed by atoms with E-state index in [0.717, 1.165) is 31.6 Å². The van der Waals surface area contributed by atoms with Crippen LogP contribution in [0.4, 0.5) is 0 Å². The molecule has 0 saturated carbocycles. The average Bonchev–Trinajstić information content (AvgIpc) is 2.37. The smallest absolute Gasteiger partial charge is 0.259 e. The molecular weight excluding hydrogens is 252 g/mol. The van der Waals surface area contributed by atoms with E-state index in [4.69, 9.17) is 0 Å². The summed E-state index contributed by atoms with van der Waals surface area (Å²) in [5.41, 5.74) is 1.13. The Morgan fingerprint density at radius 2 is 1.90 bits per heavy atom. The topological polar surface area (TPSA) is 53.2 Å². The van der Waals surface area contributed by atoms with Crippen LogP contribution >= 0.6 is 0 Å². The van der Waals surface area contributed by atoms with E-state index in [9.17, 15) is 9.59 Å². The zero-order valence-electron chi connectivity index (χ0n) is 12.8. The molecule has 1 aliphatic rings. The maximum Gasteiger partial charge on any atom is 0.259 e. The molecule has 0 radical (unpaired) electrons. The molecule has 0 aliphatic carbocycles. The molecule has 1 fully saturated rings. The monoisotopic (exact) mass is 276 g/mol. The summed E-state index contributed by atoms with van der Waals surface area (Å²) in [5, 5.41) is 0. The van der Waals surface area contributed by atoms with Gasteiger partial charge in [-0.3, -0.25) is 9.59 Å². The van der Waals surface area contributed by atoms with Crippen molar-refractivity contribution in [3.8, 4) is 0 Å². The number of carbonyl (C=O) groups excluding carboxylic acids is 1. The molecule has 110 valence electrons. The minimum absolute atomic E-state index is 0.140. The van der Waals surface area contributed by atoms with Crippen molar-refractivity contribution in [2.45, 2.75) is 40.5 Å². The van der Waals surface area contributed by atoms with Crippen molar-refractivity contribution in [1.82, 2.24) is 9.88 Å². The largest absolute Gasteiger partial charge is 0.364 e. The molecule has 0 spiro atoms. The summed E-state index contributed by atoms with van der Waals surface area (Å²) in [5.74, 6) is 0.501. The normalized spacial score (nSPS) is 17.3. The summed E-state index contributed by atoms with van der Waals surface area (Å²) in [4.78, 5) is 29.0. The van der Waals surface area contributed by atoms with Crippen LogP contribution in [-0.2, 0) is 0 Å². The quantitative estimate of drug-likeness (QED) is 0.857. The van der Waals surface area contributed by atoms with Gasteiger partial charge in [0.05, 0.1) is 0 Å². The summed E-state index contributed by atoms with van der Waals surface area (Å²) < 4.78 is 0. The Kier molecular flexibility index (Phi) is 4.02. The molecule has 2 heterocycles. The number of nitrogens with zero attached hydrogens (tertiary/aromatic N) is 1. The molecule has 1 N–H and O–H groups in total. The Morgan fingerprint density at radius 1 is 1.30 bits per heavy atom. The molecule has 1 aromatic heterocycles. The number of aromatic nitrogens is 1. The Bertz CT molecular complexity index is 546. The third kappa shape index (κ3) is 3.11. The molecule has 4 nitrogen and oxygen atoms in total. The summed E-state index contributed by atoms with van der Waals surface area (Å²) in [7, 11) is 0. The van der Waals surface area contributed by atoms with Gasteiger partial charge in [-0.05, 0) is 31.1 Å². The summed E-state index contributed by atoms with van der Waals surface area (Å²) in [6.07, 6.45) is 3.56. The minimum Gasteiger partial charge on any atom is -0.364 e. The molecule has 0 bridgehead atoms. The van der Waals surface area contributed by atoms with Gasteiger partial charge in [0.2, 0.25) is 0 Å². The lowest BCUT2D eigenvalue weighted by molar-refractivity contribution is 0.0607. The highest BCUT2D eigenvalue weighted by atomic mass is 16.2. The molecule has 1 aromatic rings. The molecule has 0 unspecified atom stereocenters. The first-order chi connectivity index (χ1) is 9.29. The van der Waals surface area contributed by atoms with Crippen LogP contribution in [0.2, 0.25) is 0 Å². The second kappa shape index (κ2) is 5.43. The maximum atomic E-state index is 12.4. The third-order valence-corrected chi connectivity index (χ3v) is 4.29. The van der Waals surface area contributed by atoms with Gasteiger partial charge >= 0.3 is 0 Å². The van der Waals surface area contributed by atoms with E-state index in [-0.39, 0.29) is 22.3 Å². The van der Waals surface area contributed by atoms with Crippen LogP contribution in [0.15, 0.2) is 17.1 Å². The lowest BCUT2D eigenvalue weighted by Gasteiger charge is -2.38. The molecular formula is C16H24N2O2. The van der Waals surface area contributed by atoms with Crippen molar-refractivity contribution in [3.63, 3.8) is 0 Å². The first-order valence-electron chi connectivity index (χ1n) is 7.27. The number of nitrogens with one attached hydrogen (secondary N) is 1. The first-order valence-corrected chi connectivity index (χ1v) is 7.27. The van der Waals surface area contributed by atoms with Crippen LogP contribution in [0.1, 0.15) is 49.7 Å². The summed E-state index contributed by atoms with van der Waals surface area (Å²) >= 11 is 0. The van der Waals surface area contributed by atoms with Gasteiger partial charge in [-0.2, -0.15) is 0 Å². The lowest BCUT2D eigenvalue weighted by Crippen LogP contribution is -2.42. The van der Waals surface area contributed by atoms with Gasteiger partial charge in [-0.15, -0.1) is 0 Å². The number of aryl methyl sites for hydroxylation is 1. The molecule has 1 aliphatic heterocycles. The van der Waals surface area contributed by atoms with Crippen molar-refractivity contribution < 1.29 is 4.79 Å². The van der Waals surface area contributed by atoms with Gasteiger partial charge in [0.25, 0.3) is 5.91 Å². The second-order valence-electron chi connectivity index (χ2n) is 6.83. The predicted octanol–water partition coefficient (Wildman–Crippen LogP) is 2.58. The van der Waals surface area contributed by atoms with Gasteiger partial charge in [0.1, 0.15) is 5.56 Å². The number of pyridine rings is 1. The number of H-pyrrole nitrogens is 1. The number of hydrogen-bond donors (Lipinski definition) is 1. The molecule has 1 amide bonds. The highest BCUT2D eigenvalue weighted by Crippen LogP contribution is 2.34. The van der Waals surface area contributed by atoms with Crippen LogP contribution in [0.25, 0.3) is 0 Å². The van der Waals surface area contributed by atoms with E-state index in [1.807, 2.05) is 11.8 Å². The molecule has 2 rings (SSSR count). The van der Waals surface area contributed by atoms with Crippen molar-refractivity contribution in [2.75, 3.05) is 13.1 Å². The molecule has 20 heavy (non-hydrogen) atoms. The maximum absolute atomic E-state index is 12.4. The van der Waals surface area contributed by atoms with E-state index >= 15 is 0 Å². The number of piperidine rings is 1. The highest BCUT2D eigenvalue weighted by molar-refractivity contribution is 5.93. The first kappa shape index (κ1) is 14.8. The predicted molar refractivity (Wildman–Crippen MR) is 79.9 cm³/mol. The fourth-order valence-electron chi connectivity index (χ4n) is 2.86. The standard InChI is InChI=1S/C16H24N2O2/c1-11-9-14(19)13(10-17-11)15(20)18-7-5-12(6-8-18)16(2,3)4/h9-10,12H,5-8H2,1-4H3,(H,17,19). The fourth-order valence-corrected chi connectivity index (χ4v) is 2.86. The highest BCUT2D eigenvalue weighted by Gasteiger charge is 2.31. The van der Waals surface area contributed by atoms with Crippen LogP contribution in [0.5, 0.6) is 0 Å². The van der Waals surface area contributed by atoms with Crippen LogP contribution in [-0.4, -0.2) is 28.9 Å². The number of likely N-dealkylation sites (tertiary alicyclic amines) is 1. The Balaban J connectivity index is 2.07. The van der Waals surface area contributed by atoms with Crippen molar-refractivity contribution in [1.29, 1.82) is 0 Å². The van der Waals surface area contributed by atoms with Crippen molar-refractivity contribution >= 4 is 5.91 Å². The van der Waals surface area contributed by atoms with E-state index in [0.29, 0.717) is 5.92 Å². The fraction of sp³-hybridized carbons (Fsp3) is 0.625. The summed E-state index contributed by atoms with van der Waals surface area (Å²) in [6.45, 7) is 10.0. The van der Waals surface area contributed by atoms with Crippen molar-refractivity contribution in [2.24, 2.45) is 11.3 Å². The number of rotatable bonds is 1. The van der Waals surface area contributed by atoms with Gasteiger partial charge < -0.3 is 9.88 Å². The van der Waals surface area contributed by atoms with E-state index < -0.39 is 0 Å². The zero-order chi connectivity index (χ0) is 14.9. The van der Waals surface area contributed by atoms with E-state index in [1.165, 1.54) is 12.3 Å². The SMILES string of the molecule is Cc1cc(=O)c(C(=O)N2CCC(C(C)(C)C)CC2)c[nH]1. The molecule has 0 atom stereocenters. The number of amides is 1. The number of aromatic amines is 1. The lowest BCUT2D eigenvalue weighted by atomic mass is 9.75. The number of carbonyl (C=O) groups is 1. The van der Waals surface area contributed by atoms with Crippen LogP contribution in [0.3, 0.4) is 0 Å². The minimum atomic E-state index is -0.191. The summed E-state index contributed by atoms with van der Waals surface area (Å²) in [6, 6.07) is 1.48. The Morgan fingerprint density at radius 3 is 2.40 bits per heavy atom. The number of hydrogen-bond acceptors (Lipinski definition) is 2. The Hall–Kier alpha value is -1.58. The van der Waals surface area contributed by atoms with Crippen molar-refractivity contribution in [3.05, 3.63) is 33.7 Å². The van der Waals surface area contributed by atoms with Crippen LogP contribution < -0.4 is 5.43 Å². The van der Waals surface area contributed by atoms with Crippen LogP contribution in [0, 0.1) is 18.3 Å². The van der Waals surface area contributed by atoms with Gasteiger partial charge in [0.15, 0.2) is 5.43 Å². The Labute approximate surface area is 120 Å². The second-order valence-corrected chi connectivity index (χ2v) is 6.83. The molecule has 1 saturated heterocycles. The van der Waals surface area contributed by atoms with Gasteiger partial charge in [-0.1, -0.05) is 20.8 Å². The zero-order valence-corrected chi connectivity index (χ0v) is 12.8. The average molecular weight is 276 g/mol. The third-order valence-electron chi connectivity index (χ3n) is 4.29. The van der Waals surface area contributed by atoms with Gasteiger partial charge in [-0.25, -0.2) is 0 Å². The molecule has 4 heteroatoms. The van der Waals surface area contributed by atoms with E-state index in [1.54, 1.807) is 0 Å². The molecule has 0 aromatic carbocycles. The van der Waals surface area contributed by atoms with E-state index in [2.05, 4.69) is 25.8 Å². The van der Waals surface area contributed by atoms with Gasteiger partial charge in [0, 0.05) is 31.0 Å².